The molecule has 1 N–H and O–H groups in total. The molecule has 0 unspecified atom stereocenters. The zero-order chi connectivity index (χ0) is 17.9. The van der Waals surface area contributed by atoms with Gasteiger partial charge in [-0.15, -0.1) is 5.10 Å². The van der Waals surface area contributed by atoms with E-state index in [9.17, 15) is 8.42 Å². The van der Waals surface area contributed by atoms with Crippen molar-refractivity contribution in [1.82, 2.24) is 20.2 Å². The molecule has 0 bridgehead atoms. The quantitative estimate of drug-likeness (QED) is 0.708. The number of tetrazole rings is 1. The number of anilines is 1. The van der Waals surface area contributed by atoms with Crippen LogP contribution in [-0.2, 0) is 10.0 Å². The average molecular weight is 361 g/mol. The van der Waals surface area contributed by atoms with Crippen LogP contribution >= 0.6 is 0 Å². The van der Waals surface area contributed by atoms with Gasteiger partial charge in [0.2, 0.25) is 0 Å². The van der Waals surface area contributed by atoms with Crippen LogP contribution in [0.4, 0.5) is 5.69 Å². The van der Waals surface area contributed by atoms with Crippen LogP contribution in [0.25, 0.3) is 5.69 Å². The Labute approximate surface area is 144 Å². The van der Waals surface area contributed by atoms with Gasteiger partial charge in [0.1, 0.15) is 17.8 Å². The van der Waals surface area contributed by atoms with Gasteiger partial charge < -0.3 is 9.47 Å². The Bertz CT molecular complexity index is 951. The normalized spacial score (nSPS) is 11.1. The molecule has 0 aliphatic carbocycles. The molecule has 0 saturated heterocycles. The van der Waals surface area contributed by atoms with Crippen LogP contribution in [0, 0.1) is 0 Å². The van der Waals surface area contributed by atoms with Gasteiger partial charge in [-0.05, 0) is 28.6 Å². The lowest BCUT2D eigenvalue weighted by Crippen LogP contribution is -2.13. The Balaban J connectivity index is 1.94. The van der Waals surface area contributed by atoms with Crippen molar-refractivity contribution in [3.63, 3.8) is 0 Å². The van der Waals surface area contributed by atoms with Crippen LogP contribution in [0.2, 0.25) is 0 Å². The fourth-order valence-electron chi connectivity index (χ4n) is 2.15. The minimum Gasteiger partial charge on any atom is -0.497 e. The number of aromatic nitrogens is 4. The third-order valence-electron chi connectivity index (χ3n) is 3.35. The standard InChI is InChI=1S/C15H15N5O4S/c1-23-13-6-11(7-14(9-13)24-2)17-25(21,22)15-5-3-4-12(8-15)20-10-16-18-19-20/h3-10,17H,1-2H3. The van der Waals surface area contributed by atoms with Crippen molar-refractivity contribution in [2.75, 3.05) is 18.9 Å². The molecule has 25 heavy (non-hydrogen) atoms. The van der Waals surface area contributed by atoms with Crippen molar-refractivity contribution < 1.29 is 17.9 Å². The summed E-state index contributed by atoms with van der Waals surface area (Å²) in [5, 5.41) is 10.8. The van der Waals surface area contributed by atoms with E-state index in [2.05, 4.69) is 20.2 Å². The van der Waals surface area contributed by atoms with E-state index in [-0.39, 0.29) is 4.90 Å². The summed E-state index contributed by atoms with van der Waals surface area (Å²) >= 11 is 0. The largest absolute Gasteiger partial charge is 0.497 e. The average Bonchev–Trinajstić information content (AvgIpc) is 3.15. The minimum absolute atomic E-state index is 0.0716. The predicted octanol–water partition coefficient (Wildman–Crippen LogP) is 1.48. The molecule has 0 spiro atoms. The summed E-state index contributed by atoms with van der Waals surface area (Å²) in [5.41, 5.74) is 0.847. The van der Waals surface area contributed by atoms with Crippen LogP contribution < -0.4 is 14.2 Å². The maximum Gasteiger partial charge on any atom is 0.261 e. The van der Waals surface area contributed by atoms with E-state index in [4.69, 9.17) is 9.47 Å². The Morgan fingerprint density at radius 2 is 1.76 bits per heavy atom. The molecule has 0 aliphatic rings. The maximum absolute atomic E-state index is 12.7. The Morgan fingerprint density at radius 1 is 1.04 bits per heavy atom. The van der Waals surface area contributed by atoms with Crippen LogP contribution in [0.5, 0.6) is 11.5 Å². The molecule has 0 atom stereocenters. The van der Waals surface area contributed by atoms with Crippen molar-refractivity contribution in [1.29, 1.82) is 0 Å². The molecule has 130 valence electrons. The number of methoxy groups -OCH3 is 2. The SMILES string of the molecule is COc1cc(NS(=O)(=O)c2cccc(-n3cnnn3)c2)cc(OC)c1. The number of hydrogen-bond acceptors (Lipinski definition) is 7. The molecule has 9 nitrogen and oxygen atoms in total. The van der Waals surface area contributed by atoms with Gasteiger partial charge in [-0.2, -0.15) is 0 Å². The van der Waals surface area contributed by atoms with Gasteiger partial charge in [-0.3, -0.25) is 4.72 Å². The van der Waals surface area contributed by atoms with E-state index < -0.39 is 10.0 Å². The summed E-state index contributed by atoms with van der Waals surface area (Å²) < 4.78 is 39.5. The second kappa shape index (κ2) is 6.77. The smallest absolute Gasteiger partial charge is 0.261 e. The third kappa shape index (κ3) is 3.69. The summed E-state index contributed by atoms with van der Waals surface area (Å²) in [6, 6.07) is 11.0. The summed E-state index contributed by atoms with van der Waals surface area (Å²) in [7, 11) is -0.842. The monoisotopic (exact) mass is 361 g/mol. The van der Waals surface area contributed by atoms with Crippen LogP contribution in [-0.4, -0.2) is 42.8 Å². The molecule has 2 aromatic carbocycles. The van der Waals surface area contributed by atoms with Gasteiger partial charge in [0.05, 0.1) is 30.5 Å². The topological polar surface area (TPSA) is 108 Å². The number of hydrogen-bond donors (Lipinski definition) is 1. The molecular weight excluding hydrogens is 346 g/mol. The lowest BCUT2D eigenvalue weighted by atomic mass is 10.3. The van der Waals surface area contributed by atoms with E-state index >= 15 is 0 Å². The summed E-state index contributed by atoms with van der Waals surface area (Å²) in [5.74, 6) is 0.944. The van der Waals surface area contributed by atoms with E-state index in [1.165, 1.54) is 37.4 Å². The number of nitrogens with one attached hydrogen (secondary N) is 1. The fraction of sp³-hybridized carbons (Fsp3) is 0.133. The lowest BCUT2D eigenvalue weighted by Gasteiger charge is -2.12. The summed E-state index contributed by atoms with van der Waals surface area (Å²) in [6.07, 6.45) is 1.38. The number of rotatable bonds is 6. The minimum atomic E-state index is -3.82. The lowest BCUT2D eigenvalue weighted by molar-refractivity contribution is 0.395. The molecule has 3 rings (SSSR count). The highest BCUT2D eigenvalue weighted by atomic mass is 32.2. The first-order valence-corrected chi connectivity index (χ1v) is 8.59. The van der Waals surface area contributed by atoms with E-state index in [0.29, 0.717) is 22.9 Å². The van der Waals surface area contributed by atoms with Gasteiger partial charge in [0, 0.05) is 18.2 Å². The fourth-order valence-corrected chi connectivity index (χ4v) is 3.23. The maximum atomic E-state index is 12.7. The highest BCUT2D eigenvalue weighted by molar-refractivity contribution is 7.92. The Morgan fingerprint density at radius 3 is 2.36 bits per heavy atom. The third-order valence-corrected chi connectivity index (χ3v) is 4.72. The number of nitrogens with zero attached hydrogens (tertiary/aromatic N) is 4. The van der Waals surface area contributed by atoms with Gasteiger partial charge in [-0.25, -0.2) is 13.1 Å². The molecule has 1 aromatic heterocycles. The Hall–Kier alpha value is -3.14. The second-order valence-electron chi connectivity index (χ2n) is 4.96. The van der Waals surface area contributed by atoms with Crippen LogP contribution in [0.1, 0.15) is 0 Å². The highest BCUT2D eigenvalue weighted by Gasteiger charge is 2.16. The van der Waals surface area contributed by atoms with Gasteiger partial charge in [0.15, 0.2) is 0 Å². The number of ether oxygens (including phenoxy) is 2. The molecule has 3 aromatic rings. The first-order valence-electron chi connectivity index (χ1n) is 7.11. The van der Waals surface area contributed by atoms with Gasteiger partial charge >= 0.3 is 0 Å². The van der Waals surface area contributed by atoms with Crippen LogP contribution in [0.15, 0.2) is 53.7 Å². The van der Waals surface area contributed by atoms with Crippen molar-refractivity contribution in [2.24, 2.45) is 0 Å². The Kier molecular flexibility index (Phi) is 4.52. The molecule has 0 fully saturated rings. The highest BCUT2D eigenvalue weighted by Crippen LogP contribution is 2.27. The van der Waals surface area contributed by atoms with Crippen molar-refractivity contribution in [2.45, 2.75) is 4.90 Å². The number of sulfonamides is 1. The van der Waals surface area contributed by atoms with E-state index in [1.807, 2.05) is 0 Å². The summed E-state index contributed by atoms with van der Waals surface area (Å²) in [4.78, 5) is 0.0716. The van der Waals surface area contributed by atoms with Crippen molar-refractivity contribution in [3.8, 4) is 17.2 Å². The van der Waals surface area contributed by atoms with Crippen molar-refractivity contribution in [3.05, 3.63) is 48.8 Å². The zero-order valence-corrected chi connectivity index (χ0v) is 14.3. The molecule has 0 aliphatic heterocycles. The molecule has 1 heterocycles. The van der Waals surface area contributed by atoms with Crippen LogP contribution in [0.3, 0.4) is 0 Å². The molecule has 0 saturated carbocycles. The van der Waals surface area contributed by atoms with Gasteiger partial charge in [-0.1, -0.05) is 6.07 Å². The van der Waals surface area contributed by atoms with Gasteiger partial charge in [0.25, 0.3) is 10.0 Å². The first kappa shape index (κ1) is 16.7. The first-order chi connectivity index (χ1) is 12.0. The predicted molar refractivity (Wildman–Crippen MR) is 89.5 cm³/mol. The van der Waals surface area contributed by atoms with Crippen molar-refractivity contribution >= 4 is 15.7 Å². The number of benzene rings is 2. The molecular formula is C15H15N5O4S. The zero-order valence-electron chi connectivity index (χ0n) is 13.4. The molecule has 10 heteroatoms. The second-order valence-corrected chi connectivity index (χ2v) is 6.64. The molecule has 0 radical (unpaired) electrons. The summed E-state index contributed by atoms with van der Waals surface area (Å²) in [6.45, 7) is 0. The molecule has 0 amide bonds. The van der Waals surface area contributed by atoms with E-state index in [1.54, 1.807) is 30.3 Å². The van der Waals surface area contributed by atoms with E-state index in [0.717, 1.165) is 0 Å².